The average molecular weight is 174 g/mol. The van der Waals surface area contributed by atoms with E-state index in [2.05, 4.69) is 4.74 Å². The zero-order chi connectivity index (χ0) is 9.72. The SMILES string of the molecule is CCOC(=O)/C(=C(/C)[O-])[N+](=O)[O-]. The monoisotopic (exact) mass is 174 g/mol. The van der Waals surface area contributed by atoms with Crippen molar-refractivity contribution in [1.82, 2.24) is 0 Å². The molecule has 0 aromatic heterocycles. The van der Waals surface area contributed by atoms with Crippen molar-refractivity contribution in [2.75, 3.05) is 6.61 Å². The van der Waals surface area contributed by atoms with Gasteiger partial charge in [-0.15, -0.1) is 0 Å². The highest BCUT2D eigenvalue weighted by Crippen LogP contribution is 2.01. The van der Waals surface area contributed by atoms with Crippen LogP contribution < -0.4 is 5.11 Å². The Hall–Kier alpha value is -1.59. The third-order valence-electron chi connectivity index (χ3n) is 0.985. The maximum absolute atomic E-state index is 10.7. The van der Waals surface area contributed by atoms with Gasteiger partial charge in [0.2, 0.25) is 0 Å². The third-order valence-corrected chi connectivity index (χ3v) is 0.985. The molecule has 0 aliphatic rings. The fourth-order valence-corrected chi connectivity index (χ4v) is 0.546. The molecular weight excluding hydrogens is 166 g/mol. The standard InChI is InChI=1S/C6H9NO5/c1-3-12-6(9)5(4(2)8)7(10)11/h8H,3H2,1-2H3/p-1/b5-4+. The van der Waals surface area contributed by atoms with Gasteiger partial charge in [-0.05, 0) is 19.6 Å². The Morgan fingerprint density at radius 3 is 2.33 bits per heavy atom. The van der Waals surface area contributed by atoms with Crippen LogP contribution in [-0.2, 0) is 9.53 Å². The van der Waals surface area contributed by atoms with Crippen molar-refractivity contribution in [1.29, 1.82) is 0 Å². The summed E-state index contributed by atoms with van der Waals surface area (Å²) in [6, 6.07) is 0. The van der Waals surface area contributed by atoms with E-state index in [1.807, 2.05) is 0 Å². The zero-order valence-corrected chi connectivity index (χ0v) is 6.70. The molecule has 0 amide bonds. The van der Waals surface area contributed by atoms with Crippen LogP contribution in [0.1, 0.15) is 13.8 Å². The van der Waals surface area contributed by atoms with Crippen LogP contribution in [0.5, 0.6) is 0 Å². The molecule has 0 rings (SSSR count). The summed E-state index contributed by atoms with van der Waals surface area (Å²) >= 11 is 0. The zero-order valence-electron chi connectivity index (χ0n) is 6.70. The predicted octanol–water partition coefficient (Wildman–Crippen LogP) is -0.582. The summed E-state index contributed by atoms with van der Waals surface area (Å²) in [5.74, 6) is -2.09. The predicted molar refractivity (Wildman–Crippen MR) is 36.3 cm³/mol. The van der Waals surface area contributed by atoms with E-state index in [1.165, 1.54) is 6.92 Å². The molecule has 68 valence electrons. The minimum absolute atomic E-state index is 0.00343. The molecule has 0 aromatic rings. The largest absolute Gasteiger partial charge is 0.871 e. The number of carbonyl (C=O) groups excluding carboxylic acids is 1. The van der Waals surface area contributed by atoms with E-state index in [-0.39, 0.29) is 6.61 Å². The van der Waals surface area contributed by atoms with Crippen molar-refractivity contribution in [3.05, 3.63) is 21.6 Å². The maximum atomic E-state index is 10.7. The summed E-state index contributed by atoms with van der Waals surface area (Å²) in [6.45, 7) is 2.44. The van der Waals surface area contributed by atoms with Gasteiger partial charge in [0.15, 0.2) is 0 Å². The molecule has 0 bridgehead atoms. The van der Waals surface area contributed by atoms with E-state index in [0.717, 1.165) is 6.92 Å². The summed E-state index contributed by atoms with van der Waals surface area (Å²) in [6.07, 6.45) is 0. The number of ether oxygens (including phenoxy) is 1. The molecule has 0 fully saturated rings. The van der Waals surface area contributed by atoms with Crippen LogP contribution in [0.4, 0.5) is 0 Å². The highest BCUT2D eigenvalue weighted by Gasteiger charge is 2.22. The number of hydrogen-bond acceptors (Lipinski definition) is 5. The first-order chi connectivity index (χ1) is 5.50. The van der Waals surface area contributed by atoms with Gasteiger partial charge < -0.3 is 9.84 Å². The molecule has 6 heteroatoms. The van der Waals surface area contributed by atoms with Crippen molar-refractivity contribution in [3.8, 4) is 0 Å². The van der Waals surface area contributed by atoms with Crippen LogP contribution >= 0.6 is 0 Å². The van der Waals surface area contributed by atoms with Gasteiger partial charge in [-0.25, -0.2) is 4.79 Å². The first-order valence-corrected chi connectivity index (χ1v) is 3.20. The molecule has 0 heterocycles. The van der Waals surface area contributed by atoms with E-state index in [9.17, 15) is 20.0 Å². The molecule has 0 spiro atoms. The quantitative estimate of drug-likeness (QED) is 0.187. The van der Waals surface area contributed by atoms with Crippen molar-refractivity contribution >= 4 is 5.97 Å². The Morgan fingerprint density at radius 2 is 2.08 bits per heavy atom. The van der Waals surface area contributed by atoms with Crippen molar-refractivity contribution in [3.63, 3.8) is 0 Å². The molecule has 0 aliphatic carbocycles. The number of hydrogen-bond donors (Lipinski definition) is 0. The number of nitrogens with zero attached hydrogens (tertiary/aromatic N) is 1. The van der Waals surface area contributed by atoms with Crippen molar-refractivity contribution in [2.24, 2.45) is 0 Å². The van der Waals surface area contributed by atoms with Crippen LogP contribution in [0, 0.1) is 10.1 Å². The van der Waals surface area contributed by atoms with Crippen molar-refractivity contribution in [2.45, 2.75) is 13.8 Å². The number of nitro groups is 1. The number of rotatable bonds is 3. The molecule has 0 atom stereocenters. The fourth-order valence-electron chi connectivity index (χ4n) is 0.546. The van der Waals surface area contributed by atoms with Gasteiger partial charge >= 0.3 is 11.7 Å². The second kappa shape index (κ2) is 4.32. The van der Waals surface area contributed by atoms with Gasteiger partial charge in [-0.2, -0.15) is 0 Å². The Bertz CT molecular complexity index is 228. The Kier molecular flexibility index (Phi) is 3.75. The molecule has 6 nitrogen and oxygen atoms in total. The molecule has 0 aromatic carbocycles. The van der Waals surface area contributed by atoms with E-state index in [1.54, 1.807) is 0 Å². The van der Waals surface area contributed by atoms with Crippen LogP contribution in [0.25, 0.3) is 0 Å². The third kappa shape index (κ3) is 2.57. The Morgan fingerprint density at radius 1 is 1.58 bits per heavy atom. The molecule has 12 heavy (non-hydrogen) atoms. The first-order valence-electron chi connectivity index (χ1n) is 3.20. The summed E-state index contributed by atoms with van der Waals surface area (Å²) in [7, 11) is 0. The molecule has 0 saturated heterocycles. The fraction of sp³-hybridized carbons (Fsp3) is 0.500. The Balaban J connectivity index is 4.67. The molecule has 0 radical (unpaired) electrons. The van der Waals surface area contributed by atoms with Crippen LogP contribution in [0.2, 0.25) is 0 Å². The topological polar surface area (TPSA) is 92.5 Å². The van der Waals surface area contributed by atoms with Gasteiger partial charge in [0, 0.05) is 0 Å². The van der Waals surface area contributed by atoms with Crippen LogP contribution in [-0.4, -0.2) is 17.5 Å². The molecule has 0 unspecified atom stereocenters. The smallest absolute Gasteiger partial charge is 0.408 e. The maximum Gasteiger partial charge on any atom is 0.408 e. The first kappa shape index (κ1) is 10.4. The highest BCUT2D eigenvalue weighted by molar-refractivity contribution is 5.85. The number of carbonyl (C=O) groups is 1. The molecule has 0 saturated carbocycles. The van der Waals surface area contributed by atoms with Gasteiger partial charge in [0.1, 0.15) is 0 Å². The normalized spacial score (nSPS) is 11.8. The lowest BCUT2D eigenvalue weighted by atomic mass is 10.4. The second-order valence-corrected chi connectivity index (χ2v) is 1.88. The summed E-state index contributed by atoms with van der Waals surface area (Å²) in [5.41, 5.74) is -1.03. The lowest BCUT2D eigenvalue weighted by Gasteiger charge is -2.05. The molecule has 0 aliphatic heterocycles. The Labute approximate surface area is 68.6 Å². The van der Waals surface area contributed by atoms with Gasteiger partial charge in [0.05, 0.1) is 11.5 Å². The van der Waals surface area contributed by atoms with Gasteiger partial charge in [-0.3, -0.25) is 10.1 Å². The minimum Gasteiger partial charge on any atom is -0.871 e. The highest BCUT2D eigenvalue weighted by atomic mass is 16.6. The van der Waals surface area contributed by atoms with Crippen LogP contribution in [0.15, 0.2) is 11.5 Å². The van der Waals surface area contributed by atoms with E-state index in [4.69, 9.17) is 0 Å². The molecular formula is C6H8NO5-. The minimum atomic E-state index is -1.19. The van der Waals surface area contributed by atoms with E-state index < -0.39 is 22.3 Å². The summed E-state index contributed by atoms with van der Waals surface area (Å²) in [5, 5.41) is 20.6. The number of esters is 1. The van der Waals surface area contributed by atoms with Crippen LogP contribution in [0.3, 0.4) is 0 Å². The lowest BCUT2D eigenvalue weighted by molar-refractivity contribution is -0.438. The molecule has 0 N–H and O–H groups in total. The van der Waals surface area contributed by atoms with Gasteiger partial charge in [-0.1, -0.05) is 0 Å². The second-order valence-electron chi connectivity index (χ2n) is 1.88. The van der Waals surface area contributed by atoms with E-state index in [0.29, 0.717) is 0 Å². The average Bonchev–Trinajstić information content (AvgIpc) is 1.85. The van der Waals surface area contributed by atoms with E-state index >= 15 is 0 Å². The van der Waals surface area contributed by atoms with Crippen molar-refractivity contribution < 1.29 is 19.6 Å². The summed E-state index contributed by atoms with van der Waals surface area (Å²) < 4.78 is 4.29. The summed E-state index contributed by atoms with van der Waals surface area (Å²) in [4.78, 5) is 19.8. The van der Waals surface area contributed by atoms with Gasteiger partial charge in [0.25, 0.3) is 0 Å². The number of allylic oxidation sites excluding steroid dienone is 1. The lowest BCUT2D eigenvalue weighted by Crippen LogP contribution is -2.20.